The second kappa shape index (κ2) is 34.3. The van der Waals surface area contributed by atoms with Crippen LogP contribution in [-0.4, -0.2) is 0 Å². The minimum Gasteiger partial charge on any atom is -0.0683 e. The van der Waals surface area contributed by atoms with Crippen LogP contribution in [0.4, 0.5) is 0 Å². The molecule has 0 aliphatic heterocycles. The number of hydrogen-bond acceptors (Lipinski definition) is 0. The van der Waals surface area contributed by atoms with Gasteiger partial charge in [-0.05, 0) is 39.8 Å². The van der Waals surface area contributed by atoms with Crippen molar-refractivity contribution >= 4 is 0 Å². The smallest absolute Gasteiger partial charge is 0.00135 e. The zero-order chi connectivity index (χ0) is 33.1. The summed E-state index contributed by atoms with van der Waals surface area (Å²) in [5, 5.41) is 0. The van der Waals surface area contributed by atoms with E-state index in [9.17, 15) is 0 Å². The van der Waals surface area contributed by atoms with Gasteiger partial charge in [0, 0.05) is 0 Å². The Kier molecular flexibility index (Phi) is 34.7. The topological polar surface area (TPSA) is 0 Å². The second-order valence-corrected chi connectivity index (χ2v) is 7.38. The lowest BCUT2D eigenvalue weighted by Crippen LogP contribution is -1.77. The van der Waals surface area contributed by atoms with Crippen molar-refractivity contribution < 1.29 is 0 Å². The zero-order valence-electron chi connectivity index (χ0n) is 29.6. The van der Waals surface area contributed by atoms with Gasteiger partial charge in [-0.2, -0.15) is 0 Å². The Bertz CT molecular complexity index is 1070. The lowest BCUT2D eigenvalue weighted by Gasteiger charge is -1.98. The Balaban J connectivity index is -0.000000491. The van der Waals surface area contributed by atoms with Crippen LogP contribution in [0.2, 0.25) is 0 Å². The van der Waals surface area contributed by atoms with Crippen LogP contribution in [0.15, 0.2) is 146 Å². The summed E-state index contributed by atoms with van der Waals surface area (Å²) in [4.78, 5) is 0. The standard InChI is InChI=1S/C13H10.C12H10.C6H6.6C2H6/c1-3-7-12-10(5-1)9-11-6-2-4-8-13(11)12;1-3-7-11(8-4-1)12-9-5-2-6-10-12;1-2-4-6-5-3-1;6*1-2/h1-8H,9H2;1-10H;1-6H;6*1-2H3. The van der Waals surface area contributed by atoms with Gasteiger partial charge in [0.25, 0.3) is 0 Å². The van der Waals surface area contributed by atoms with Crippen LogP contribution in [0.3, 0.4) is 0 Å². The lowest BCUT2D eigenvalue weighted by molar-refractivity contribution is 1.26. The Morgan fingerprint density at radius 1 is 0.256 bits per heavy atom. The highest BCUT2D eigenvalue weighted by molar-refractivity contribution is 5.76. The first-order valence-corrected chi connectivity index (χ1v) is 16.7. The maximum Gasteiger partial charge on any atom is -0.00135 e. The van der Waals surface area contributed by atoms with Gasteiger partial charge >= 0.3 is 0 Å². The van der Waals surface area contributed by atoms with Gasteiger partial charge in [-0.15, -0.1) is 0 Å². The molecular formula is C43H62. The van der Waals surface area contributed by atoms with Crippen molar-refractivity contribution in [2.45, 2.75) is 89.5 Å². The van der Waals surface area contributed by atoms with Crippen LogP contribution < -0.4 is 0 Å². The molecule has 1 aliphatic rings. The number of hydrogen-bond donors (Lipinski definition) is 0. The molecule has 0 heterocycles. The first-order valence-electron chi connectivity index (χ1n) is 16.7. The maximum atomic E-state index is 2.22. The normalized spacial score (nSPS) is 8.37. The van der Waals surface area contributed by atoms with Gasteiger partial charge in [-0.1, -0.05) is 229 Å². The van der Waals surface area contributed by atoms with Gasteiger partial charge in [0.2, 0.25) is 0 Å². The molecule has 0 saturated heterocycles. The molecule has 0 amide bonds. The summed E-state index contributed by atoms with van der Waals surface area (Å²) in [6.45, 7) is 24.0. The molecule has 0 radical (unpaired) electrons. The fourth-order valence-electron chi connectivity index (χ4n) is 3.73. The zero-order valence-corrected chi connectivity index (χ0v) is 29.6. The van der Waals surface area contributed by atoms with Crippen molar-refractivity contribution in [3.05, 3.63) is 157 Å². The Hall–Kier alpha value is -3.90. The van der Waals surface area contributed by atoms with E-state index < -0.39 is 0 Å². The molecule has 0 spiro atoms. The average molecular weight is 579 g/mol. The SMILES string of the molecule is CC.CC.CC.CC.CC.CC.c1ccc(-c2ccccc2)cc1.c1ccc2c(c1)Cc1ccccc1-2.c1ccccc1. The first kappa shape index (κ1) is 43.6. The minimum absolute atomic E-state index is 1.10. The van der Waals surface area contributed by atoms with Crippen LogP contribution in [0.5, 0.6) is 0 Å². The molecule has 5 aromatic carbocycles. The van der Waals surface area contributed by atoms with Crippen LogP contribution in [0.1, 0.15) is 94.2 Å². The van der Waals surface area contributed by atoms with Gasteiger partial charge in [-0.3, -0.25) is 0 Å². The van der Waals surface area contributed by atoms with Crippen LogP contribution >= 0.6 is 0 Å². The molecule has 0 nitrogen and oxygen atoms in total. The number of benzene rings is 5. The third-order valence-electron chi connectivity index (χ3n) is 5.25. The molecule has 0 fully saturated rings. The summed E-state index contributed by atoms with van der Waals surface area (Å²) in [5.74, 6) is 0. The summed E-state index contributed by atoms with van der Waals surface area (Å²) in [5.41, 5.74) is 8.31. The largest absolute Gasteiger partial charge is 0.0683 e. The fraction of sp³-hybridized carbons (Fsp3) is 0.302. The first-order chi connectivity index (χ1) is 21.4. The summed E-state index contributed by atoms with van der Waals surface area (Å²) in [6, 6.07) is 50.1. The quantitative estimate of drug-likeness (QED) is 0.182. The molecule has 0 saturated carbocycles. The highest BCUT2D eigenvalue weighted by Crippen LogP contribution is 2.35. The molecule has 0 bridgehead atoms. The Morgan fingerprint density at radius 2 is 0.465 bits per heavy atom. The van der Waals surface area contributed by atoms with E-state index >= 15 is 0 Å². The van der Waals surface area contributed by atoms with Crippen molar-refractivity contribution in [3.63, 3.8) is 0 Å². The molecule has 234 valence electrons. The van der Waals surface area contributed by atoms with Crippen molar-refractivity contribution in [3.8, 4) is 22.3 Å². The predicted molar refractivity (Wildman–Crippen MR) is 201 cm³/mol. The van der Waals surface area contributed by atoms with Crippen molar-refractivity contribution in [2.75, 3.05) is 0 Å². The molecule has 0 unspecified atom stereocenters. The molecule has 0 atom stereocenters. The van der Waals surface area contributed by atoms with Crippen LogP contribution in [-0.2, 0) is 6.42 Å². The molecule has 1 aliphatic carbocycles. The summed E-state index contributed by atoms with van der Waals surface area (Å²) in [6.07, 6.45) is 1.10. The molecule has 0 heteroatoms. The Morgan fingerprint density at radius 3 is 0.744 bits per heavy atom. The summed E-state index contributed by atoms with van der Waals surface area (Å²) in [7, 11) is 0. The number of rotatable bonds is 1. The van der Waals surface area contributed by atoms with Gasteiger partial charge in [0.05, 0.1) is 0 Å². The van der Waals surface area contributed by atoms with Crippen LogP contribution in [0, 0.1) is 0 Å². The monoisotopic (exact) mass is 578 g/mol. The number of fused-ring (bicyclic) bond motifs is 3. The van der Waals surface area contributed by atoms with E-state index in [1.165, 1.54) is 33.4 Å². The van der Waals surface area contributed by atoms with Gasteiger partial charge in [-0.25, -0.2) is 0 Å². The predicted octanol–water partition coefficient (Wildman–Crippen LogP) is 14.5. The summed E-state index contributed by atoms with van der Waals surface area (Å²) < 4.78 is 0. The highest BCUT2D eigenvalue weighted by atomic mass is 14.2. The fourth-order valence-corrected chi connectivity index (χ4v) is 3.73. The third kappa shape index (κ3) is 18.3. The van der Waals surface area contributed by atoms with E-state index in [1.54, 1.807) is 0 Å². The third-order valence-corrected chi connectivity index (χ3v) is 5.25. The van der Waals surface area contributed by atoms with Crippen molar-refractivity contribution in [2.24, 2.45) is 0 Å². The molecule has 0 N–H and O–H groups in total. The van der Waals surface area contributed by atoms with Gasteiger partial charge in [0.1, 0.15) is 0 Å². The van der Waals surface area contributed by atoms with E-state index in [1.807, 2.05) is 132 Å². The van der Waals surface area contributed by atoms with E-state index in [0.717, 1.165) is 6.42 Å². The maximum absolute atomic E-state index is 2.22. The lowest BCUT2D eigenvalue weighted by atomic mass is 10.1. The van der Waals surface area contributed by atoms with Crippen LogP contribution in [0.25, 0.3) is 22.3 Å². The van der Waals surface area contributed by atoms with E-state index in [4.69, 9.17) is 0 Å². The Labute approximate surface area is 267 Å². The van der Waals surface area contributed by atoms with Gasteiger partial charge < -0.3 is 0 Å². The molecule has 43 heavy (non-hydrogen) atoms. The van der Waals surface area contributed by atoms with Crippen molar-refractivity contribution in [1.29, 1.82) is 0 Å². The van der Waals surface area contributed by atoms with E-state index in [-0.39, 0.29) is 0 Å². The minimum atomic E-state index is 1.10. The molecule has 5 aromatic rings. The van der Waals surface area contributed by atoms with Gasteiger partial charge in [0.15, 0.2) is 0 Å². The van der Waals surface area contributed by atoms with Crippen molar-refractivity contribution in [1.82, 2.24) is 0 Å². The average Bonchev–Trinajstić information content (AvgIpc) is 3.54. The highest BCUT2D eigenvalue weighted by Gasteiger charge is 2.15. The van der Waals surface area contributed by atoms with E-state index in [2.05, 4.69) is 97.1 Å². The molecule has 0 aromatic heterocycles. The van der Waals surface area contributed by atoms with E-state index in [0.29, 0.717) is 0 Å². The molecular weight excluding hydrogens is 516 g/mol. The second-order valence-electron chi connectivity index (χ2n) is 7.38. The molecule has 6 rings (SSSR count). The summed E-state index contributed by atoms with van der Waals surface area (Å²) >= 11 is 0.